The molecule has 2 aromatic carbocycles. The molecule has 106 valence electrons. The van der Waals surface area contributed by atoms with Gasteiger partial charge in [0, 0.05) is 4.47 Å². The zero-order chi connectivity index (χ0) is 14.9. The van der Waals surface area contributed by atoms with E-state index < -0.39 is 17.1 Å². The summed E-state index contributed by atoms with van der Waals surface area (Å²) in [6.45, 7) is 1.94. The second-order valence-electron chi connectivity index (χ2n) is 4.51. The molecule has 20 heavy (non-hydrogen) atoms. The minimum Gasteiger partial charge on any atom is -0.166 e. The molecule has 2 aromatic rings. The molecular formula is C15H11BrClF3. The average molecular weight is 364 g/mol. The molecule has 0 aromatic heterocycles. The number of aryl methyl sites for hydroxylation is 1. The average Bonchev–Trinajstić information content (AvgIpc) is 2.38. The molecule has 0 amide bonds. The Morgan fingerprint density at radius 3 is 2.20 bits per heavy atom. The van der Waals surface area contributed by atoms with Crippen LogP contribution in [-0.2, 0) is 6.18 Å². The number of hydrogen-bond acceptors (Lipinski definition) is 0. The van der Waals surface area contributed by atoms with Crippen molar-refractivity contribution in [2.75, 3.05) is 0 Å². The highest BCUT2D eigenvalue weighted by molar-refractivity contribution is 9.10. The number of rotatable bonds is 2. The molecule has 0 aliphatic heterocycles. The molecule has 0 fully saturated rings. The molecule has 0 nitrogen and oxygen atoms in total. The van der Waals surface area contributed by atoms with Gasteiger partial charge >= 0.3 is 6.18 Å². The van der Waals surface area contributed by atoms with Gasteiger partial charge < -0.3 is 0 Å². The van der Waals surface area contributed by atoms with Gasteiger partial charge in [-0.2, -0.15) is 13.2 Å². The maximum Gasteiger partial charge on any atom is 0.416 e. The van der Waals surface area contributed by atoms with Crippen molar-refractivity contribution < 1.29 is 13.2 Å². The normalized spacial score (nSPS) is 13.3. The van der Waals surface area contributed by atoms with Crippen LogP contribution in [0.3, 0.4) is 0 Å². The highest BCUT2D eigenvalue weighted by atomic mass is 79.9. The summed E-state index contributed by atoms with van der Waals surface area (Å²) in [5.41, 5.74) is 1.54. The van der Waals surface area contributed by atoms with Gasteiger partial charge in [0.1, 0.15) is 0 Å². The van der Waals surface area contributed by atoms with E-state index in [-0.39, 0.29) is 0 Å². The molecule has 0 spiro atoms. The molecule has 1 unspecified atom stereocenters. The number of benzene rings is 2. The van der Waals surface area contributed by atoms with E-state index >= 15 is 0 Å². The first-order valence-corrected chi connectivity index (χ1v) is 7.09. The maximum absolute atomic E-state index is 12.8. The summed E-state index contributed by atoms with van der Waals surface area (Å²) in [5.74, 6) is 0. The Morgan fingerprint density at radius 2 is 1.65 bits per heavy atom. The van der Waals surface area contributed by atoms with Crippen molar-refractivity contribution in [2.45, 2.75) is 18.5 Å². The predicted molar refractivity (Wildman–Crippen MR) is 78.0 cm³/mol. The zero-order valence-corrected chi connectivity index (χ0v) is 12.9. The standard InChI is InChI=1S/C15H11BrClF3/c1-9-2-4-10(5-3-9)14(17)12-8-11(15(18,19)20)6-7-13(12)16/h2-8,14H,1H3. The van der Waals surface area contributed by atoms with E-state index in [1.165, 1.54) is 6.07 Å². The molecule has 0 N–H and O–H groups in total. The van der Waals surface area contributed by atoms with Crippen molar-refractivity contribution in [3.05, 3.63) is 69.2 Å². The van der Waals surface area contributed by atoms with Crippen LogP contribution in [0.5, 0.6) is 0 Å². The van der Waals surface area contributed by atoms with Gasteiger partial charge in [0.25, 0.3) is 0 Å². The van der Waals surface area contributed by atoms with Crippen LogP contribution in [-0.4, -0.2) is 0 Å². The van der Waals surface area contributed by atoms with Crippen LogP contribution < -0.4 is 0 Å². The van der Waals surface area contributed by atoms with Crippen molar-refractivity contribution >= 4 is 27.5 Å². The topological polar surface area (TPSA) is 0 Å². The first kappa shape index (κ1) is 15.4. The second kappa shape index (κ2) is 5.78. The summed E-state index contributed by atoms with van der Waals surface area (Å²) in [4.78, 5) is 0. The minimum atomic E-state index is -4.38. The summed E-state index contributed by atoms with van der Waals surface area (Å²) in [6, 6.07) is 10.9. The Balaban J connectivity index is 2.43. The summed E-state index contributed by atoms with van der Waals surface area (Å²) < 4.78 is 38.8. The lowest BCUT2D eigenvalue weighted by molar-refractivity contribution is -0.137. The highest BCUT2D eigenvalue weighted by Crippen LogP contribution is 2.38. The molecule has 0 radical (unpaired) electrons. The van der Waals surface area contributed by atoms with Crippen LogP contribution in [0.1, 0.15) is 27.6 Å². The van der Waals surface area contributed by atoms with Crippen LogP contribution in [0.25, 0.3) is 0 Å². The van der Waals surface area contributed by atoms with E-state index in [1.54, 1.807) is 0 Å². The van der Waals surface area contributed by atoms with Gasteiger partial charge in [0.2, 0.25) is 0 Å². The SMILES string of the molecule is Cc1ccc(C(Cl)c2cc(C(F)(F)F)ccc2Br)cc1. The van der Waals surface area contributed by atoms with Crippen molar-refractivity contribution in [2.24, 2.45) is 0 Å². The fourth-order valence-corrected chi connectivity index (χ4v) is 2.76. The predicted octanol–water partition coefficient (Wildman–Crippen LogP) is 6.10. The zero-order valence-electron chi connectivity index (χ0n) is 10.5. The van der Waals surface area contributed by atoms with Crippen molar-refractivity contribution in [3.8, 4) is 0 Å². The third-order valence-corrected chi connectivity index (χ3v) is 4.18. The third-order valence-electron chi connectivity index (χ3n) is 2.97. The van der Waals surface area contributed by atoms with Crippen LogP contribution in [0.4, 0.5) is 13.2 Å². The molecule has 0 aliphatic rings. The lowest BCUT2D eigenvalue weighted by Gasteiger charge is -2.15. The molecule has 0 bridgehead atoms. The lowest BCUT2D eigenvalue weighted by Crippen LogP contribution is -2.06. The van der Waals surface area contributed by atoms with Gasteiger partial charge in [-0.1, -0.05) is 45.8 Å². The second-order valence-corrected chi connectivity index (χ2v) is 5.80. The van der Waals surface area contributed by atoms with Crippen molar-refractivity contribution in [1.29, 1.82) is 0 Å². The summed E-state index contributed by atoms with van der Waals surface area (Å²) in [7, 11) is 0. The Kier molecular flexibility index (Phi) is 4.45. The van der Waals surface area contributed by atoms with Gasteiger partial charge in [-0.25, -0.2) is 0 Å². The molecule has 5 heteroatoms. The molecule has 0 aliphatic carbocycles. The Hall–Kier alpha value is -1.00. The van der Waals surface area contributed by atoms with Crippen LogP contribution in [0.15, 0.2) is 46.9 Å². The van der Waals surface area contributed by atoms with E-state index in [2.05, 4.69) is 15.9 Å². The first-order valence-electron chi connectivity index (χ1n) is 5.86. The molecule has 2 rings (SSSR count). The first-order chi connectivity index (χ1) is 9.29. The molecular weight excluding hydrogens is 353 g/mol. The van der Waals surface area contributed by atoms with E-state index in [9.17, 15) is 13.2 Å². The van der Waals surface area contributed by atoms with Gasteiger partial charge in [-0.05, 0) is 36.2 Å². The smallest absolute Gasteiger partial charge is 0.166 e. The largest absolute Gasteiger partial charge is 0.416 e. The monoisotopic (exact) mass is 362 g/mol. The Morgan fingerprint density at radius 1 is 1.05 bits per heavy atom. The summed E-state index contributed by atoms with van der Waals surface area (Å²) >= 11 is 9.57. The lowest BCUT2D eigenvalue weighted by atomic mass is 10.0. The van der Waals surface area contributed by atoms with Crippen molar-refractivity contribution in [1.82, 2.24) is 0 Å². The number of hydrogen-bond donors (Lipinski definition) is 0. The fourth-order valence-electron chi connectivity index (χ4n) is 1.83. The maximum atomic E-state index is 12.8. The molecule has 0 heterocycles. The molecule has 0 saturated heterocycles. The summed E-state index contributed by atoms with van der Waals surface area (Å²) in [5, 5.41) is -0.632. The van der Waals surface area contributed by atoms with Gasteiger partial charge in [-0.15, -0.1) is 11.6 Å². The minimum absolute atomic E-state index is 0.408. The quantitative estimate of drug-likeness (QED) is 0.565. The van der Waals surface area contributed by atoms with Crippen molar-refractivity contribution in [3.63, 3.8) is 0 Å². The van der Waals surface area contributed by atoms with Gasteiger partial charge in [-0.3, -0.25) is 0 Å². The van der Waals surface area contributed by atoms with Crippen LogP contribution in [0, 0.1) is 6.92 Å². The van der Waals surface area contributed by atoms with E-state index in [0.29, 0.717) is 10.0 Å². The molecule has 1 atom stereocenters. The third kappa shape index (κ3) is 3.36. The van der Waals surface area contributed by atoms with Gasteiger partial charge in [0.05, 0.1) is 10.9 Å². The Bertz CT molecular complexity index is 606. The molecule has 0 saturated carbocycles. The van der Waals surface area contributed by atoms with Crippen LogP contribution >= 0.6 is 27.5 Å². The highest BCUT2D eigenvalue weighted by Gasteiger charge is 2.31. The van der Waals surface area contributed by atoms with Crippen LogP contribution in [0.2, 0.25) is 0 Å². The fraction of sp³-hybridized carbons (Fsp3) is 0.200. The summed E-state index contributed by atoms with van der Waals surface area (Å²) in [6.07, 6.45) is -4.38. The van der Waals surface area contributed by atoms with E-state index in [1.807, 2.05) is 31.2 Å². The number of halogens is 5. The van der Waals surface area contributed by atoms with E-state index in [4.69, 9.17) is 11.6 Å². The van der Waals surface area contributed by atoms with E-state index in [0.717, 1.165) is 23.3 Å². The Labute approximate surface area is 128 Å². The number of alkyl halides is 4. The van der Waals surface area contributed by atoms with Gasteiger partial charge in [0.15, 0.2) is 0 Å².